The summed E-state index contributed by atoms with van der Waals surface area (Å²) < 4.78 is 24.9. The van der Waals surface area contributed by atoms with Crippen LogP contribution in [0, 0.1) is 0 Å². The minimum atomic E-state index is -3.36. The van der Waals surface area contributed by atoms with Crippen molar-refractivity contribution in [3.05, 3.63) is 64.7 Å². The van der Waals surface area contributed by atoms with Crippen molar-refractivity contribution in [2.75, 3.05) is 37.2 Å². The van der Waals surface area contributed by atoms with Crippen LogP contribution in [0.5, 0.6) is 0 Å². The summed E-state index contributed by atoms with van der Waals surface area (Å²) >= 11 is 5.85. The third-order valence-corrected chi connectivity index (χ3v) is 5.24. The van der Waals surface area contributed by atoms with Gasteiger partial charge in [0.1, 0.15) is 0 Å². The van der Waals surface area contributed by atoms with Crippen LogP contribution in [0.25, 0.3) is 0 Å². The summed E-state index contributed by atoms with van der Waals surface area (Å²) in [5.41, 5.74) is 1.44. The Bertz CT molecular complexity index is 967. The second kappa shape index (κ2) is 8.20. The van der Waals surface area contributed by atoms with Gasteiger partial charge in [-0.3, -0.25) is 14.3 Å². The number of halogens is 1. The van der Waals surface area contributed by atoms with Crippen molar-refractivity contribution in [3.8, 4) is 0 Å². The second-order valence-electron chi connectivity index (χ2n) is 6.54. The van der Waals surface area contributed by atoms with Gasteiger partial charge in [-0.25, -0.2) is 8.42 Å². The van der Waals surface area contributed by atoms with E-state index in [4.69, 9.17) is 11.6 Å². The standard InChI is InChI=1S/C19H20ClN3O4S/c1-28(26,27)21-17-8-4-15(5-9-17)19(25)23-12-10-22(11-13-23)18(24)14-2-6-16(20)7-3-14/h2-9,21H,10-13H2,1H3. The van der Waals surface area contributed by atoms with Gasteiger partial charge >= 0.3 is 0 Å². The molecule has 1 N–H and O–H groups in total. The van der Waals surface area contributed by atoms with E-state index in [0.717, 1.165) is 6.26 Å². The summed E-state index contributed by atoms with van der Waals surface area (Å²) in [5.74, 6) is -0.232. The number of rotatable bonds is 4. The number of nitrogens with one attached hydrogen (secondary N) is 1. The van der Waals surface area contributed by atoms with Gasteiger partial charge in [0.15, 0.2) is 0 Å². The molecule has 1 aliphatic heterocycles. The number of carbonyl (C=O) groups is 2. The molecule has 0 aromatic heterocycles. The summed E-state index contributed by atoms with van der Waals surface area (Å²) in [6.45, 7) is 1.75. The first-order chi connectivity index (χ1) is 13.2. The molecule has 2 aromatic rings. The van der Waals surface area contributed by atoms with Gasteiger partial charge in [-0.15, -0.1) is 0 Å². The third-order valence-electron chi connectivity index (χ3n) is 4.38. The van der Waals surface area contributed by atoms with E-state index in [1.54, 1.807) is 58.3 Å². The number of benzene rings is 2. The summed E-state index contributed by atoms with van der Waals surface area (Å²) in [6.07, 6.45) is 1.07. The molecule has 0 atom stereocenters. The minimum absolute atomic E-state index is 0.0834. The molecule has 9 heteroatoms. The molecule has 1 aliphatic rings. The Morgan fingerprint density at radius 2 is 1.21 bits per heavy atom. The first kappa shape index (κ1) is 20.2. The van der Waals surface area contributed by atoms with E-state index in [1.807, 2.05) is 0 Å². The van der Waals surface area contributed by atoms with Gasteiger partial charge < -0.3 is 9.80 Å². The Balaban J connectivity index is 1.59. The Morgan fingerprint density at radius 1 is 0.821 bits per heavy atom. The molecule has 2 aromatic carbocycles. The van der Waals surface area contributed by atoms with Crippen LogP contribution in [0.3, 0.4) is 0 Å². The maximum atomic E-state index is 12.6. The zero-order chi connectivity index (χ0) is 20.3. The van der Waals surface area contributed by atoms with Crippen LogP contribution < -0.4 is 4.72 Å². The Labute approximate surface area is 168 Å². The van der Waals surface area contributed by atoms with Crippen LogP contribution >= 0.6 is 11.6 Å². The number of nitrogens with zero attached hydrogens (tertiary/aromatic N) is 2. The van der Waals surface area contributed by atoms with Crippen molar-refractivity contribution in [2.24, 2.45) is 0 Å². The number of sulfonamides is 1. The lowest BCUT2D eigenvalue weighted by atomic mass is 10.1. The number of hydrogen-bond acceptors (Lipinski definition) is 4. The summed E-state index contributed by atoms with van der Waals surface area (Å²) in [4.78, 5) is 28.6. The molecular weight excluding hydrogens is 402 g/mol. The van der Waals surface area contributed by atoms with Crippen molar-refractivity contribution in [1.29, 1.82) is 0 Å². The fraction of sp³-hybridized carbons (Fsp3) is 0.263. The Kier molecular flexibility index (Phi) is 5.90. The van der Waals surface area contributed by atoms with Crippen LogP contribution in [-0.2, 0) is 10.0 Å². The summed E-state index contributed by atoms with van der Waals surface area (Å²) in [7, 11) is -3.36. The highest BCUT2D eigenvalue weighted by Gasteiger charge is 2.25. The van der Waals surface area contributed by atoms with Gasteiger partial charge in [-0.05, 0) is 48.5 Å². The normalized spacial score (nSPS) is 14.6. The average molecular weight is 422 g/mol. The van der Waals surface area contributed by atoms with Gasteiger partial charge in [0.2, 0.25) is 10.0 Å². The highest BCUT2D eigenvalue weighted by Crippen LogP contribution is 2.16. The van der Waals surface area contributed by atoms with Gasteiger partial charge in [-0.2, -0.15) is 0 Å². The molecule has 148 valence electrons. The number of amides is 2. The van der Waals surface area contributed by atoms with E-state index < -0.39 is 10.0 Å². The lowest BCUT2D eigenvalue weighted by molar-refractivity contribution is 0.0535. The monoisotopic (exact) mass is 421 g/mol. The smallest absolute Gasteiger partial charge is 0.253 e. The molecule has 1 heterocycles. The first-order valence-electron chi connectivity index (χ1n) is 8.65. The Hall–Kier alpha value is -2.58. The molecule has 0 unspecified atom stereocenters. The molecule has 0 bridgehead atoms. The fourth-order valence-electron chi connectivity index (χ4n) is 2.97. The average Bonchev–Trinajstić information content (AvgIpc) is 2.67. The lowest BCUT2D eigenvalue weighted by Crippen LogP contribution is -2.50. The molecule has 2 amide bonds. The predicted octanol–water partition coefficient (Wildman–Crippen LogP) is 2.31. The number of piperazine rings is 1. The zero-order valence-electron chi connectivity index (χ0n) is 15.3. The molecule has 1 saturated heterocycles. The van der Waals surface area contributed by atoms with Crippen LogP contribution in [-0.4, -0.2) is 62.5 Å². The van der Waals surface area contributed by atoms with Crippen LogP contribution in [0.15, 0.2) is 48.5 Å². The molecule has 0 saturated carbocycles. The number of carbonyl (C=O) groups excluding carboxylic acids is 2. The quantitative estimate of drug-likeness (QED) is 0.820. The molecule has 1 fully saturated rings. The molecular formula is C19H20ClN3O4S. The van der Waals surface area contributed by atoms with E-state index in [-0.39, 0.29) is 11.8 Å². The van der Waals surface area contributed by atoms with E-state index in [2.05, 4.69) is 4.72 Å². The molecule has 7 nitrogen and oxygen atoms in total. The minimum Gasteiger partial charge on any atom is -0.335 e. The zero-order valence-corrected chi connectivity index (χ0v) is 16.8. The SMILES string of the molecule is CS(=O)(=O)Nc1ccc(C(=O)N2CCN(C(=O)c3ccc(Cl)cc3)CC2)cc1. The highest BCUT2D eigenvalue weighted by molar-refractivity contribution is 7.92. The molecule has 0 aliphatic carbocycles. The molecule has 0 radical (unpaired) electrons. The van der Waals surface area contributed by atoms with Crippen LogP contribution in [0.4, 0.5) is 5.69 Å². The van der Waals surface area contributed by atoms with Crippen molar-refractivity contribution < 1.29 is 18.0 Å². The van der Waals surface area contributed by atoms with Crippen LogP contribution in [0.2, 0.25) is 5.02 Å². The van der Waals surface area contributed by atoms with Gasteiger partial charge in [-0.1, -0.05) is 11.6 Å². The second-order valence-corrected chi connectivity index (χ2v) is 8.73. The van der Waals surface area contributed by atoms with Crippen LogP contribution in [0.1, 0.15) is 20.7 Å². The van der Waals surface area contributed by atoms with Crippen molar-refractivity contribution in [1.82, 2.24) is 9.80 Å². The molecule has 0 spiro atoms. The fourth-order valence-corrected chi connectivity index (χ4v) is 3.66. The maximum absolute atomic E-state index is 12.6. The summed E-state index contributed by atoms with van der Waals surface area (Å²) in [6, 6.07) is 13.0. The van der Waals surface area contributed by atoms with E-state index in [0.29, 0.717) is 48.0 Å². The van der Waals surface area contributed by atoms with E-state index in [1.165, 1.54) is 0 Å². The topological polar surface area (TPSA) is 86.8 Å². The lowest BCUT2D eigenvalue weighted by Gasteiger charge is -2.35. The van der Waals surface area contributed by atoms with E-state index in [9.17, 15) is 18.0 Å². The third kappa shape index (κ3) is 5.02. The van der Waals surface area contributed by atoms with E-state index >= 15 is 0 Å². The number of hydrogen-bond donors (Lipinski definition) is 1. The van der Waals surface area contributed by atoms with Gasteiger partial charge in [0, 0.05) is 48.0 Å². The summed E-state index contributed by atoms with van der Waals surface area (Å²) in [5, 5.41) is 0.574. The predicted molar refractivity (Wildman–Crippen MR) is 108 cm³/mol. The van der Waals surface area contributed by atoms with Crippen molar-refractivity contribution in [2.45, 2.75) is 0 Å². The Morgan fingerprint density at radius 3 is 1.61 bits per heavy atom. The van der Waals surface area contributed by atoms with Crippen molar-refractivity contribution in [3.63, 3.8) is 0 Å². The molecule has 28 heavy (non-hydrogen) atoms. The largest absolute Gasteiger partial charge is 0.335 e. The maximum Gasteiger partial charge on any atom is 0.253 e. The van der Waals surface area contributed by atoms with Gasteiger partial charge in [0.05, 0.1) is 6.26 Å². The number of anilines is 1. The molecule has 3 rings (SSSR count). The van der Waals surface area contributed by atoms with Crippen molar-refractivity contribution >= 4 is 39.1 Å². The highest BCUT2D eigenvalue weighted by atomic mass is 35.5. The van der Waals surface area contributed by atoms with Gasteiger partial charge in [0.25, 0.3) is 11.8 Å². The first-order valence-corrected chi connectivity index (χ1v) is 10.9.